The fourth-order valence-electron chi connectivity index (χ4n) is 1.11. The minimum atomic E-state index is -0.432. The van der Waals surface area contributed by atoms with Gasteiger partial charge in [0.15, 0.2) is 0 Å². The van der Waals surface area contributed by atoms with Crippen molar-refractivity contribution in [2.75, 3.05) is 6.61 Å². The summed E-state index contributed by atoms with van der Waals surface area (Å²) in [5.74, 6) is -0.638. The predicted octanol–water partition coefficient (Wildman–Crippen LogP) is -0.318. The molecular formula is C8H11NO3. The van der Waals surface area contributed by atoms with Crippen LogP contribution in [0, 0.1) is 0 Å². The summed E-state index contributed by atoms with van der Waals surface area (Å²) in [6, 6.07) is -0.432. The zero-order valence-corrected chi connectivity index (χ0v) is 7.07. The van der Waals surface area contributed by atoms with Crippen LogP contribution in [0.1, 0.15) is 13.8 Å². The molecule has 2 amide bonds. The lowest BCUT2D eigenvalue weighted by Gasteiger charge is -2.20. The van der Waals surface area contributed by atoms with Crippen LogP contribution in [-0.2, 0) is 9.59 Å². The minimum absolute atomic E-state index is 0.196. The summed E-state index contributed by atoms with van der Waals surface area (Å²) in [7, 11) is 0. The van der Waals surface area contributed by atoms with Crippen LogP contribution in [0.15, 0.2) is 11.6 Å². The van der Waals surface area contributed by atoms with Gasteiger partial charge >= 0.3 is 0 Å². The molecule has 1 N–H and O–H groups in total. The van der Waals surface area contributed by atoms with Gasteiger partial charge in [0.25, 0.3) is 11.8 Å². The third-order valence-corrected chi connectivity index (χ3v) is 1.84. The number of carbonyl (C=O) groups is 2. The Kier molecular flexibility index (Phi) is 2.28. The number of carbonyl (C=O) groups excluding carboxylic acids is 2. The van der Waals surface area contributed by atoms with Gasteiger partial charge in [0.2, 0.25) is 0 Å². The van der Waals surface area contributed by atoms with E-state index in [1.54, 1.807) is 13.8 Å². The van der Waals surface area contributed by atoms with Crippen molar-refractivity contribution < 1.29 is 14.7 Å². The maximum absolute atomic E-state index is 11.2. The smallest absolute Gasteiger partial charge is 0.256 e. The molecule has 1 heterocycles. The van der Waals surface area contributed by atoms with Gasteiger partial charge in [-0.1, -0.05) is 0 Å². The molecule has 0 saturated heterocycles. The number of rotatable bonds is 2. The van der Waals surface area contributed by atoms with Crippen LogP contribution >= 0.6 is 0 Å². The number of hydrogen-bond donors (Lipinski definition) is 1. The van der Waals surface area contributed by atoms with Gasteiger partial charge < -0.3 is 5.11 Å². The molecule has 0 aromatic heterocycles. The fourth-order valence-corrected chi connectivity index (χ4v) is 1.11. The van der Waals surface area contributed by atoms with E-state index in [2.05, 4.69) is 0 Å². The van der Waals surface area contributed by atoms with E-state index in [4.69, 9.17) is 5.11 Å². The number of hydrogen-bond acceptors (Lipinski definition) is 3. The van der Waals surface area contributed by atoms with Crippen molar-refractivity contribution in [2.24, 2.45) is 0 Å². The van der Waals surface area contributed by atoms with Crippen molar-refractivity contribution in [1.82, 2.24) is 4.90 Å². The first-order valence-corrected chi connectivity index (χ1v) is 3.74. The summed E-state index contributed by atoms with van der Waals surface area (Å²) < 4.78 is 0. The largest absolute Gasteiger partial charge is 0.394 e. The van der Waals surface area contributed by atoms with Crippen molar-refractivity contribution in [3.63, 3.8) is 0 Å². The van der Waals surface area contributed by atoms with E-state index in [0.29, 0.717) is 5.57 Å². The molecule has 1 aliphatic heterocycles. The van der Waals surface area contributed by atoms with Crippen LogP contribution in [0.3, 0.4) is 0 Å². The molecule has 0 spiro atoms. The second kappa shape index (κ2) is 3.06. The van der Waals surface area contributed by atoms with E-state index in [1.165, 1.54) is 6.08 Å². The lowest BCUT2D eigenvalue weighted by Crippen LogP contribution is -2.40. The molecule has 0 saturated carbocycles. The molecule has 66 valence electrons. The molecule has 12 heavy (non-hydrogen) atoms. The van der Waals surface area contributed by atoms with Gasteiger partial charge in [-0.3, -0.25) is 14.5 Å². The average Bonchev–Trinajstić information content (AvgIpc) is 2.26. The first kappa shape index (κ1) is 8.93. The SMILES string of the molecule is CC1=CC(=O)N(C(C)CO)C1=O. The molecule has 4 heteroatoms. The molecule has 1 atom stereocenters. The first-order chi connectivity index (χ1) is 5.57. The van der Waals surface area contributed by atoms with Gasteiger partial charge in [-0.15, -0.1) is 0 Å². The number of amides is 2. The van der Waals surface area contributed by atoms with Gasteiger partial charge in [0, 0.05) is 11.6 Å². The van der Waals surface area contributed by atoms with Crippen molar-refractivity contribution in [3.8, 4) is 0 Å². The van der Waals surface area contributed by atoms with E-state index >= 15 is 0 Å². The zero-order chi connectivity index (χ0) is 9.30. The monoisotopic (exact) mass is 169 g/mol. The van der Waals surface area contributed by atoms with E-state index in [-0.39, 0.29) is 18.4 Å². The maximum Gasteiger partial charge on any atom is 0.256 e. The highest BCUT2D eigenvalue weighted by atomic mass is 16.3. The molecule has 0 bridgehead atoms. The predicted molar refractivity (Wildman–Crippen MR) is 42.2 cm³/mol. The van der Waals surface area contributed by atoms with E-state index in [9.17, 15) is 9.59 Å². The topological polar surface area (TPSA) is 57.6 Å². The van der Waals surface area contributed by atoms with Crippen molar-refractivity contribution in [3.05, 3.63) is 11.6 Å². The molecule has 1 unspecified atom stereocenters. The third kappa shape index (κ3) is 1.25. The summed E-state index contributed by atoms with van der Waals surface area (Å²) >= 11 is 0. The Morgan fingerprint density at radius 3 is 2.50 bits per heavy atom. The van der Waals surface area contributed by atoms with Crippen LogP contribution < -0.4 is 0 Å². The summed E-state index contributed by atoms with van der Waals surface area (Å²) in [6.07, 6.45) is 1.29. The van der Waals surface area contributed by atoms with Gasteiger partial charge in [-0.2, -0.15) is 0 Å². The summed E-state index contributed by atoms with van der Waals surface area (Å²) in [4.78, 5) is 23.4. The molecule has 0 aliphatic carbocycles. The molecular weight excluding hydrogens is 158 g/mol. The minimum Gasteiger partial charge on any atom is -0.394 e. The zero-order valence-electron chi connectivity index (χ0n) is 7.07. The van der Waals surface area contributed by atoms with Crippen LogP contribution in [0.4, 0.5) is 0 Å². The van der Waals surface area contributed by atoms with Crippen LogP contribution in [0.5, 0.6) is 0 Å². The van der Waals surface area contributed by atoms with Gasteiger partial charge in [0.05, 0.1) is 12.6 Å². The van der Waals surface area contributed by atoms with Crippen LogP contribution in [-0.4, -0.2) is 34.5 Å². The Balaban J connectivity index is 2.83. The first-order valence-electron chi connectivity index (χ1n) is 3.74. The summed E-state index contributed by atoms with van der Waals surface area (Å²) in [5, 5.41) is 8.75. The van der Waals surface area contributed by atoms with Gasteiger partial charge in [0.1, 0.15) is 0 Å². The lowest BCUT2D eigenvalue weighted by molar-refractivity contribution is -0.140. The molecule has 0 radical (unpaired) electrons. The number of imide groups is 1. The number of aliphatic hydroxyl groups excluding tert-OH is 1. The van der Waals surface area contributed by atoms with E-state index in [0.717, 1.165) is 4.90 Å². The third-order valence-electron chi connectivity index (χ3n) is 1.84. The second-order valence-electron chi connectivity index (χ2n) is 2.87. The van der Waals surface area contributed by atoms with E-state index in [1.807, 2.05) is 0 Å². The molecule has 0 aromatic rings. The van der Waals surface area contributed by atoms with E-state index < -0.39 is 6.04 Å². The second-order valence-corrected chi connectivity index (χ2v) is 2.87. The Bertz CT molecular complexity index is 257. The molecule has 1 rings (SSSR count). The normalized spacial score (nSPS) is 19.9. The Morgan fingerprint density at radius 2 is 2.17 bits per heavy atom. The maximum atomic E-state index is 11.2. The molecule has 4 nitrogen and oxygen atoms in total. The standard InChI is InChI=1S/C8H11NO3/c1-5-3-7(11)9(8(5)12)6(2)4-10/h3,6,10H,4H2,1-2H3. The highest BCUT2D eigenvalue weighted by molar-refractivity contribution is 6.16. The molecule has 0 fully saturated rings. The Morgan fingerprint density at radius 1 is 1.58 bits per heavy atom. The van der Waals surface area contributed by atoms with Crippen molar-refractivity contribution in [1.29, 1.82) is 0 Å². The summed E-state index contributed by atoms with van der Waals surface area (Å²) in [5.41, 5.74) is 0.431. The Labute approximate surface area is 70.5 Å². The highest BCUT2D eigenvalue weighted by Crippen LogP contribution is 2.14. The van der Waals surface area contributed by atoms with Crippen molar-refractivity contribution >= 4 is 11.8 Å². The van der Waals surface area contributed by atoms with Gasteiger partial charge in [-0.05, 0) is 13.8 Å². The van der Waals surface area contributed by atoms with Crippen LogP contribution in [0.25, 0.3) is 0 Å². The highest BCUT2D eigenvalue weighted by Gasteiger charge is 2.31. The molecule has 0 aromatic carbocycles. The summed E-state index contributed by atoms with van der Waals surface area (Å²) in [6.45, 7) is 3.02. The van der Waals surface area contributed by atoms with Crippen LogP contribution in [0.2, 0.25) is 0 Å². The van der Waals surface area contributed by atoms with Gasteiger partial charge in [-0.25, -0.2) is 0 Å². The van der Waals surface area contributed by atoms with Crippen molar-refractivity contribution in [2.45, 2.75) is 19.9 Å². The number of aliphatic hydroxyl groups is 1. The fraction of sp³-hybridized carbons (Fsp3) is 0.500. The number of nitrogens with zero attached hydrogens (tertiary/aromatic N) is 1. The molecule has 1 aliphatic rings. The average molecular weight is 169 g/mol. The Hall–Kier alpha value is -1.16. The lowest BCUT2D eigenvalue weighted by atomic mass is 10.3. The quantitative estimate of drug-likeness (QED) is 0.576.